The lowest BCUT2D eigenvalue weighted by atomic mass is 10.2. The van der Waals surface area contributed by atoms with Crippen LogP contribution >= 0.6 is 0 Å². The molecule has 0 atom stereocenters. The molecule has 0 saturated carbocycles. The van der Waals surface area contributed by atoms with E-state index in [2.05, 4.69) is 15.0 Å². The summed E-state index contributed by atoms with van der Waals surface area (Å²) in [4.78, 5) is 12.9. The van der Waals surface area contributed by atoms with Gasteiger partial charge in [-0.25, -0.2) is 0 Å². The van der Waals surface area contributed by atoms with E-state index in [1.165, 1.54) is 0 Å². The number of nitrogens with zero attached hydrogens (tertiary/aromatic N) is 3. The van der Waals surface area contributed by atoms with E-state index in [1.807, 2.05) is 24.3 Å². The third-order valence-corrected chi connectivity index (χ3v) is 2.82. The van der Waals surface area contributed by atoms with Gasteiger partial charge in [-0.3, -0.25) is 15.0 Å². The molecule has 0 radical (unpaired) electrons. The molecule has 1 aromatic carbocycles. The fraction of sp³-hybridized carbons (Fsp3) is 0. The largest absolute Gasteiger partial charge is 0.454 e. The van der Waals surface area contributed by atoms with E-state index in [0.29, 0.717) is 0 Å². The van der Waals surface area contributed by atoms with Crippen molar-refractivity contribution in [2.45, 2.75) is 0 Å². The molecule has 0 saturated heterocycles. The topological polar surface area (TPSA) is 51.8 Å². The molecular formula is C13H7N3O. The van der Waals surface area contributed by atoms with Crippen molar-refractivity contribution in [2.75, 3.05) is 0 Å². The highest BCUT2D eigenvalue weighted by molar-refractivity contribution is 6.06. The van der Waals surface area contributed by atoms with Crippen LogP contribution in [0.3, 0.4) is 0 Å². The fourth-order valence-electron chi connectivity index (χ4n) is 2.05. The lowest BCUT2D eigenvalue weighted by molar-refractivity contribution is 0.668. The van der Waals surface area contributed by atoms with Crippen molar-refractivity contribution in [3.63, 3.8) is 0 Å². The van der Waals surface area contributed by atoms with Crippen molar-refractivity contribution < 1.29 is 4.42 Å². The van der Waals surface area contributed by atoms with Gasteiger partial charge in [-0.2, -0.15) is 0 Å². The first-order valence-corrected chi connectivity index (χ1v) is 5.30. The number of pyridine rings is 1. The molecule has 4 rings (SSSR count). The minimum Gasteiger partial charge on any atom is -0.454 e. The van der Waals surface area contributed by atoms with Crippen molar-refractivity contribution in [2.24, 2.45) is 0 Å². The monoisotopic (exact) mass is 221 g/mol. The number of furan rings is 1. The zero-order valence-corrected chi connectivity index (χ0v) is 8.79. The predicted molar refractivity (Wildman–Crippen MR) is 64.6 cm³/mol. The maximum absolute atomic E-state index is 5.73. The highest BCUT2D eigenvalue weighted by Gasteiger charge is 2.09. The van der Waals surface area contributed by atoms with Gasteiger partial charge in [0.15, 0.2) is 5.58 Å². The maximum atomic E-state index is 5.73. The second-order valence-corrected chi connectivity index (χ2v) is 3.85. The molecule has 80 valence electrons. The van der Waals surface area contributed by atoms with Gasteiger partial charge in [-0.05, 0) is 18.2 Å². The van der Waals surface area contributed by atoms with Gasteiger partial charge in [-0.1, -0.05) is 0 Å². The maximum Gasteiger partial charge on any atom is 0.153 e. The van der Waals surface area contributed by atoms with Crippen molar-refractivity contribution >= 4 is 33.1 Å². The van der Waals surface area contributed by atoms with Crippen molar-refractivity contribution in [1.29, 1.82) is 0 Å². The summed E-state index contributed by atoms with van der Waals surface area (Å²) in [6.07, 6.45) is 5.12. The Balaban J connectivity index is 2.28. The first-order valence-electron chi connectivity index (χ1n) is 5.30. The molecule has 0 aliphatic carbocycles. The Morgan fingerprint density at radius 3 is 2.53 bits per heavy atom. The molecule has 0 aliphatic rings. The number of hydrogen-bond acceptors (Lipinski definition) is 4. The van der Waals surface area contributed by atoms with Crippen molar-refractivity contribution in [3.8, 4) is 0 Å². The zero-order valence-electron chi connectivity index (χ0n) is 8.79. The molecule has 0 spiro atoms. The molecule has 3 aromatic heterocycles. The summed E-state index contributed by atoms with van der Waals surface area (Å²) in [5, 5.41) is 0.980. The quantitative estimate of drug-likeness (QED) is 0.458. The van der Waals surface area contributed by atoms with Gasteiger partial charge in [-0.15, -0.1) is 0 Å². The standard InChI is InChI=1S/C13H7N3O/c1-2-11-13(16-3-1)8-6-9-10(7-12(8)17-11)15-5-4-14-9/h1-7H. The van der Waals surface area contributed by atoms with Crippen LogP contribution < -0.4 is 0 Å². The average molecular weight is 221 g/mol. The Morgan fingerprint density at radius 1 is 0.824 bits per heavy atom. The summed E-state index contributed by atoms with van der Waals surface area (Å²) in [7, 11) is 0. The third-order valence-electron chi connectivity index (χ3n) is 2.82. The predicted octanol–water partition coefficient (Wildman–Crippen LogP) is 2.92. The van der Waals surface area contributed by atoms with Crippen LogP contribution in [0.1, 0.15) is 0 Å². The molecule has 4 nitrogen and oxygen atoms in total. The molecule has 0 fully saturated rings. The Bertz CT molecular complexity index is 845. The Kier molecular flexibility index (Phi) is 1.53. The van der Waals surface area contributed by atoms with Crippen molar-refractivity contribution in [1.82, 2.24) is 15.0 Å². The van der Waals surface area contributed by atoms with Crippen LogP contribution in [0, 0.1) is 0 Å². The van der Waals surface area contributed by atoms with Crippen molar-refractivity contribution in [3.05, 3.63) is 42.9 Å². The second kappa shape index (κ2) is 3.01. The molecule has 0 bridgehead atoms. The normalized spacial score (nSPS) is 11.5. The molecule has 0 aliphatic heterocycles. The molecule has 4 aromatic rings. The smallest absolute Gasteiger partial charge is 0.153 e. The highest BCUT2D eigenvalue weighted by atomic mass is 16.3. The summed E-state index contributed by atoms with van der Waals surface area (Å²) < 4.78 is 5.73. The minimum absolute atomic E-state index is 0.790. The molecule has 17 heavy (non-hydrogen) atoms. The average Bonchev–Trinajstić information content (AvgIpc) is 2.73. The summed E-state index contributed by atoms with van der Waals surface area (Å²) in [5.41, 5.74) is 4.15. The van der Waals surface area contributed by atoms with E-state index in [9.17, 15) is 0 Å². The lowest BCUT2D eigenvalue weighted by Gasteiger charge is -1.94. The molecular weight excluding hydrogens is 214 g/mol. The summed E-state index contributed by atoms with van der Waals surface area (Å²) >= 11 is 0. The van der Waals surface area contributed by atoms with Gasteiger partial charge < -0.3 is 4.42 Å². The van der Waals surface area contributed by atoms with Crippen LogP contribution in [-0.4, -0.2) is 15.0 Å². The molecule has 0 unspecified atom stereocenters. The number of aromatic nitrogens is 3. The van der Waals surface area contributed by atoms with Gasteiger partial charge in [0, 0.05) is 30.0 Å². The molecule has 0 amide bonds. The summed E-state index contributed by atoms with van der Waals surface area (Å²) in [5.74, 6) is 0. The summed E-state index contributed by atoms with van der Waals surface area (Å²) in [6.45, 7) is 0. The van der Waals surface area contributed by atoms with Crippen LogP contribution in [0.2, 0.25) is 0 Å². The van der Waals surface area contributed by atoms with Gasteiger partial charge in [0.05, 0.1) is 11.0 Å². The Labute approximate surface area is 95.9 Å². The van der Waals surface area contributed by atoms with E-state index in [0.717, 1.165) is 33.1 Å². The van der Waals surface area contributed by atoms with Crippen LogP contribution in [0.15, 0.2) is 47.3 Å². The first kappa shape index (κ1) is 8.64. The van der Waals surface area contributed by atoms with Crippen LogP contribution in [0.25, 0.3) is 33.1 Å². The second-order valence-electron chi connectivity index (χ2n) is 3.85. The van der Waals surface area contributed by atoms with Gasteiger partial charge in [0.1, 0.15) is 11.1 Å². The van der Waals surface area contributed by atoms with E-state index < -0.39 is 0 Å². The molecule has 0 N–H and O–H groups in total. The van der Waals surface area contributed by atoms with E-state index in [1.54, 1.807) is 18.6 Å². The summed E-state index contributed by atoms with van der Waals surface area (Å²) in [6, 6.07) is 7.64. The van der Waals surface area contributed by atoms with Crippen LogP contribution in [0.4, 0.5) is 0 Å². The third kappa shape index (κ3) is 1.15. The SMILES string of the molecule is c1cnc2c(c1)oc1cc3nccnc3cc12. The number of fused-ring (bicyclic) bond motifs is 4. The van der Waals surface area contributed by atoms with Crippen LogP contribution in [0.5, 0.6) is 0 Å². The molecule has 4 heteroatoms. The fourth-order valence-corrected chi connectivity index (χ4v) is 2.05. The van der Waals surface area contributed by atoms with E-state index in [-0.39, 0.29) is 0 Å². The molecule has 3 heterocycles. The Morgan fingerprint density at radius 2 is 1.65 bits per heavy atom. The highest BCUT2D eigenvalue weighted by Crippen LogP contribution is 2.29. The number of rotatable bonds is 0. The number of benzene rings is 1. The first-order chi connectivity index (χ1) is 8.42. The van der Waals surface area contributed by atoms with E-state index >= 15 is 0 Å². The van der Waals surface area contributed by atoms with Gasteiger partial charge in [0.25, 0.3) is 0 Å². The lowest BCUT2D eigenvalue weighted by Crippen LogP contribution is -1.81. The number of hydrogen-bond donors (Lipinski definition) is 0. The zero-order chi connectivity index (χ0) is 11.2. The van der Waals surface area contributed by atoms with E-state index in [4.69, 9.17) is 4.42 Å². The van der Waals surface area contributed by atoms with Gasteiger partial charge in [0.2, 0.25) is 0 Å². The van der Waals surface area contributed by atoms with Gasteiger partial charge >= 0.3 is 0 Å². The minimum atomic E-state index is 0.790. The van der Waals surface area contributed by atoms with Crippen LogP contribution in [-0.2, 0) is 0 Å². The Hall–Kier alpha value is -2.49.